The number of nitrogens with one attached hydrogen (secondary N) is 1. The van der Waals surface area contributed by atoms with Crippen molar-refractivity contribution in [1.29, 1.82) is 0 Å². The van der Waals surface area contributed by atoms with Crippen LogP contribution >= 0.6 is 11.8 Å². The van der Waals surface area contributed by atoms with Crippen molar-refractivity contribution in [2.45, 2.75) is 43.2 Å². The third-order valence-electron chi connectivity index (χ3n) is 3.39. The molecule has 2 aromatic rings. The molecule has 0 saturated heterocycles. The first kappa shape index (κ1) is 15.9. The van der Waals surface area contributed by atoms with Crippen LogP contribution in [0.1, 0.15) is 26.7 Å². The zero-order valence-electron chi connectivity index (χ0n) is 13.1. The molecule has 7 heteroatoms. The highest BCUT2D eigenvalue weighted by atomic mass is 32.2. The number of thioether (sulfide) groups is 1. The lowest BCUT2D eigenvalue weighted by atomic mass is 10.2. The fourth-order valence-corrected chi connectivity index (χ4v) is 2.68. The van der Waals surface area contributed by atoms with E-state index in [0.29, 0.717) is 23.8 Å². The Bertz CT molecular complexity index is 667. The van der Waals surface area contributed by atoms with Crippen molar-refractivity contribution in [3.63, 3.8) is 0 Å². The van der Waals surface area contributed by atoms with E-state index in [-0.39, 0.29) is 11.2 Å². The van der Waals surface area contributed by atoms with Gasteiger partial charge in [0.15, 0.2) is 0 Å². The highest BCUT2D eigenvalue weighted by Crippen LogP contribution is 2.28. The van der Waals surface area contributed by atoms with Gasteiger partial charge in [-0.2, -0.15) is 0 Å². The summed E-state index contributed by atoms with van der Waals surface area (Å²) in [7, 11) is 0. The third kappa shape index (κ3) is 4.25. The van der Waals surface area contributed by atoms with Crippen molar-refractivity contribution in [3.8, 4) is 17.2 Å². The minimum absolute atomic E-state index is 0.0123. The topological polar surface area (TPSA) is 77.2 Å². The summed E-state index contributed by atoms with van der Waals surface area (Å²) in [5.41, 5.74) is 0.822. The van der Waals surface area contributed by atoms with Crippen LogP contribution in [0.4, 0.5) is 0 Å². The average Bonchev–Trinajstić information content (AvgIpc) is 3.24. The fourth-order valence-electron chi connectivity index (χ4n) is 1.99. The van der Waals surface area contributed by atoms with Crippen molar-refractivity contribution in [3.05, 3.63) is 24.3 Å². The average molecular weight is 333 g/mol. The van der Waals surface area contributed by atoms with E-state index in [0.717, 1.165) is 24.2 Å². The predicted octanol–water partition coefficient (Wildman–Crippen LogP) is 2.89. The number of carbonyl (C=O) groups excluding carboxylic acids is 1. The van der Waals surface area contributed by atoms with Gasteiger partial charge in [0.2, 0.25) is 11.8 Å². The molecule has 6 nitrogen and oxygen atoms in total. The standard InChI is InChI=1S/C16H19N3O3S/c1-3-21-13-8-4-11(5-9-13)15-18-19-16(22-15)23-10(2)14(20)17-12-6-7-12/h4-5,8-10,12H,3,6-7H2,1-2H3,(H,17,20)/t10-/m1/s1. The van der Waals surface area contributed by atoms with Crippen LogP contribution in [0.5, 0.6) is 5.75 Å². The number of benzene rings is 1. The maximum Gasteiger partial charge on any atom is 0.277 e. The smallest absolute Gasteiger partial charge is 0.277 e. The van der Waals surface area contributed by atoms with Crippen LogP contribution in [0, 0.1) is 0 Å². The molecule has 1 fully saturated rings. The summed E-state index contributed by atoms with van der Waals surface area (Å²) < 4.78 is 11.0. The summed E-state index contributed by atoms with van der Waals surface area (Å²) in [5, 5.41) is 11.1. The molecule has 1 atom stereocenters. The molecule has 1 saturated carbocycles. The fraction of sp³-hybridized carbons (Fsp3) is 0.438. The van der Waals surface area contributed by atoms with Crippen molar-refractivity contribution < 1.29 is 13.9 Å². The van der Waals surface area contributed by atoms with Gasteiger partial charge in [0.1, 0.15) is 5.75 Å². The number of hydrogen-bond donors (Lipinski definition) is 1. The van der Waals surface area contributed by atoms with Crippen LogP contribution in [0.3, 0.4) is 0 Å². The lowest BCUT2D eigenvalue weighted by Crippen LogP contribution is -2.32. The first-order valence-corrected chi connectivity index (χ1v) is 8.57. The molecule has 1 heterocycles. The summed E-state index contributed by atoms with van der Waals surface area (Å²) in [6.45, 7) is 4.40. The summed E-state index contributed by atoms with van der Waals surface area (Å²) in [4.78, 5) is 11.9. The number of ether oxygens (including phenoxy) is 1. The molecule has 0 aliphatic heterocycles. The van der Waals surface area contributed by atoms with E-state index in [1.54, 1.807) is 0 Å². The van der Waals surface area contributed by atoms with Gasteiger partial charge >= 0.3 is 0 Å². The Hall–Kier alpha value is -2.02. The van der Waals surface area contributed by atoms with Crippen molar-refractivity contribution >= 4 is 17.7 Å². The first-order valence-electron chi connectivity index (χ1n) is 7.69. The van der Waals surface area contributed by atoms with Gasteiger partial charge in [-0.1, -0.05) is 11.8 Å². The molecule has 1 aromatic heterocycles. The molecule has 0 bridgehead atoms. The number of carbonyl (C=O) groups is 1. The zero-order chi connectivity index (χ0) is 16.2. The molecule has 3 rings (SSSR count). The second kappa shape index (κ2) is 7.04. The number of hydrogen-bond acceptors (Lipinski definition) is 6. The SMILES string of the molecule is CCOc1ccc(-c2nnc(S[C@H](C)C(=O)NC3CC3)o2)cc1. The minimum atomic E-state index is -0.260. The first-order chi connectivity index (χ1) is 11.2. The lowest BCUT2D eigenvalue weighted by Gasteiger charge is -2.08. The van der Waals surface area contributed by atoms with E-state index in [2.05, 4.69) is 15.5 Å². The normalized spacial score (nSPS) is 15.2. The summed E-state index contributed by atoms with van der Waals surface area (Å²) in [5.74, 6) is 1.25. The Morgan fingerprint density at radius 3 is 2.78 bits per heavy atom. The Morgan fingerprint density at radius 2 is 2.13 bits per heavy atom. The van der Waals surface area contributed by atoms with Crippen LogP contribution in [0.25, 0.3) is 11.5 Å². The number of rotatable bonds is 7. The van der Waals surface area contributed by atoms with Gasteiger partial charge in [0.05, 0.1) is 11.9 Å². The van der Waals surface area contributed by atoms with E-state index in [1.807, 2.05) is 38.1 Å². The summed E-state index contributed by atoms with van der Waals surface area (Å²) in [6, 6.07) is 7.82. The number of amides is 1. The molecule has 23 heavy (non-hydrogen) atoms. The van der Waals surface area contributed by atoms with Gasteiger partial charge in [-0.15, -0.1) is 10.2 Å². The van der Waals surface area contributed by atoms with Gasteiger partial charge < -0.3 is 14.5 Å². The van der Waals surface area contributed by atoms with Crippen LogP contribution in [-0.2, 0) is 4.79 Å². The third-order valence-corrected chi connectivity index (χ3v) is 4.32. The maximum atomic E-state index is 11.9. The molecule has 1 aromatic carbocycles. The molecular weight excluding hydrogens is 314 g/mol. The van der Waals surface area contributed by atoms with Crippen molar-refractivity contribution in [1.82, 2.24) is 15.5 Å². The highest BCUT2D eigenvalue weighted by molar-refractivity contribution is 8.00. The molecule has 0 unspecified atom stereocenters. The Balaban J connectivity index is 1.61. The van der Waals surface area contributed by atoms with Crippen LogP contribution in [0.2, 0.25) is 0 Å². The quantitative estimate of drug-likeness (QED) is 0.785. The Kier molecular flexibility index (Phi) is 4.85. The second-order valence-electron chi connectivity index (χ2n) is 5.37. The highest BCUT2D eigenvalue weighted by Gasteiger charge is 2.27. The molecule has 1 aliphatic rings. The van der Waals surface area contributed by atoms with E-state index in [1.165, 1.54) is 11.8 Å². The van der Waals surface area contributed by atoms with Crippen LogP contribution in [-0.4, -0.2) is 34.0 Å². The van der Waals surface area contributed by atoms with E-state index in [9.17, 15) is 4.79 Å². The van der Waals surface area contributed by atoms with Gasteiger partial charge in [0.25, 0.3) is 5.22 Å². The van der Waals surface area contributed by atoms with Gasteiger partial charge in [-0.05, 0) is 51.0 Å². The monoisotopic (exact) mass is 333 g/mol. The Morgan fingerprint density at radius 1 is 1.39 bits per heavy atom. The van der Waals surface area contributed by atoms with Gasteiger partial charge in [-0.3, -0.25) is 4.79 Å². The molecule has 122 valence electrons. The zero-order valence-corrected chi connectivity index (χ0v) is 13.9. The maximum absolute atomic E-state index is 11.9. The van der Waals surface area contributed by atoms with E-state index in [4.69, 9.17) is 9.15 Å². The van der Waals surface area contributed by atoms with Gasteiger partial charge in [-0.25, -0.2) is 0 Å². The molecule has 0 radical (unpaired) electrons. The van der Waals surface area contributed by atoms with Crippen molar-refractivity contribution in [2.24, 2.45) is 0 Å². The van der Waals surface area contributed by atoms with Crippen LogP contribution < -0.4 is 10.1 Å². The predicted molar refractivity (Wildman–Crippen MR) is 87.4 cm³/mol. The molecule has 0 spiro atoms. The lowest BCUT2D eigenvalue weighted by molar-refractivity contribution is -0.120. The van der Waals surface area contributed by atoms with E-state index >= 15 is 0 Å². The largest absolute Gasteiger partial charge is 0.494 e. The second-order valence-corrected chi connectivity index (χ2v) is 6.67. The number of aromatic nitrogens is 2. The van der Waals surface area contributed by atoms with Crippen molar-refractivity contribution in [2.75, 3.05) is 6.61 Å². The van der Waals surface area contributed by atoms with Gasteiger partial charge in [0, 0.05) is 11.6 Å². The summed E-state index contributed by atoms with van der Waals surface area (Å²) >= 11 is 1.27. The molecule has 1 amide bonds. The number of nitrogens with zero attached hydrogens (tertiary/aromatic N) is 2. The van der Waals surface area contributed by atoms with E-state index < -0.39 is 0 Å². The Labute approximate surface area is 139 Å². The molecular formula is C16H19N3O3S. The molecule has 1 N–H and O–H groups in total. The minimum Gasteiger partial charge on any atom is -0.494 e. The van der Waals surface area contributed by atoms with Crippen LogP contribution in [0.15, 0.2) is 33.9 Å². The summed E-state index contributed by atoms with van der Waals surface area (Å²) in [6.07, 6.45) is 2.15. The molecule has 1 aliphatic carbocycles.